The molecule has 28 heavy (non-hydrogen) atoms. The van der Waals surface area contributed by atoms with Crippen LogP contribution in [-0.4, -0.2) is 55.3 Å². The number of nitrogens with zero attached hydrogens (tertiary/aromatic N) is 2. The van der Waals surface area contributed by atoms with E-state index in [1.807, 2.05) is 7.05 Å². The third-order valence-electron chi connectivity index (χ3n) is 7.21. The molecule has 0 bridgehead atoms. The molecule has 0 aliphatic carbocycles. The fourth-order valence-electron chi connectivity index (χ4n) is 4.36. The van der Waals surface area contributed by atoms with E-state index in [0.29, 0.717) is 11.5 Å². The summed E-state index contributed by atoms with van der Waals surface area (Å²) in [5.41, 5.74) is 1.72. The second-order valence-electron chi connectivity index (χ2n) is 9.60. The number of guanidine groups is 1. The summed E-state index contributed by atoms with van der Waals surface area (Å²) in [7, 11) is 1.89. The number of nitrogens with one attached hydrogen (secondary N) is 2. The Hall–Kier alpha value is -1.59. The minimum absolute atomic E-state index is 0.00791. The molecule has 2 fully saturated rings. The van der Waals surface area contributed by atoms with E-state index in [0.717, 1.165) is 45.1 Å². The molecule has 1 aromatic carbocycles. The quantitative estimate of drug-likeness (QED) is 0.600. The zero-order valence-electron chi connectivity index (χ0n) is 18.5. The van der Waals surface area contributed by atoms with E-state index in [9.17, 15) is 0 Å². The third-order valence-corrected chi connectivity index (χ3v) is 7.21. The van der Waals surface area contributed by atoms with Crippen LogP contribution in [-0.2, 0) is 4.74 Å². The minimum Gasteiger partial charge on any atom is -0.381 e. The standard InChI is InChI=1S/C23H38N4O/c1-18(19-10-8-7-9-11-19)26-23(12-14-28-15-13-23)16-25-20(24-6)27-17-21(2,3)22(27,4)5/h7-11,18,26H,12-17H2,1-6H3,(H,24,25). The van der Waals surface area contributed by atoms with Crippen LogP contribution in [0.4, 0.5) is 0 Å². The Balaban J connectivity index is 1.69. The Labute approximate surface area is 170 Å². The van der Waals surface area contributed by atoms with Crippen molar-refractivity contribution in [3.05, 3.63) is 35.9 Å². The maximum Gasteiger partial charge on any atom is 0.194 e. The third kappa shape index (κ3) is 4.06. The monoisotopic (exact) mass is 386 g/mol. The maximum atomic E-state index is 5.68. The average Bonchev–Trinajstić information content (AvgIpc) is 2.69. The number of hydrogen-bond donors (Lipinski definition) is 2. The van der Waals surface area contributed by atoms with E-state index < -0.39 is 0 Å². The maximum absolute atomic E-state index is 5.68. The Morgan fingerprint density at radius 3 is 2.32 bits per heavy atom. The summed E-state index contributed by atoms with van der Waals surface area (Å²) in [5, 5.41) is 7.61. The van der Waals surface area contributed by atoms with Crippen LogP contribution in [0.5, 0.6) is 0 Å². The summed E-state index contributed by atoms with van der Waals surface area (Å²) in [6.07, 6.45) is 2.01. The first-order valence-electron chi connectivity index (χ1n) is 10.6. The van der Waals surface area contributed by atoms with Gasteiger partial charge >= 0.3 is 0 Å². The van der Waals surface area contributed by atoms with Crippen LogP contribution in [0.2, 0.25) is 0 Å². The molecule has 2 aliphatic heterocycles. The fraction of sp³-hybridized carbons (Fsp3) is 0.696. The van der Waals surface area contributed by atoms with Crippen molar-refractivity contribution in [1.29, 1.82) is 0 Å². The van der Waals surface area contributed by atoms with Crippen molar-refractivity contribution in [2.75, 3.05) is 33.4 Å². The SMILES string of the molecule is CN=C(NCC1(NC(C)c2ccccc2)CCOCC1)N1CC(C)(C)C1(C)C. The zero-order valence-corrected chi connectivity index (χ0v) is 18.5. The van der Waals surface area contributed by atoms with Crippen LogP contribution in [0.25, 0.3) is 0 Å². The van der Waals surface area contributed by atoms with Crippen molar-refractivity contribution in [3.8, 4) is 0 Å². The molecule has 1 unspecified atom stereocenters. The van der Waals surface area contributed by atoms with E-state index in [2.05, 4.69) is 85.5 Å². The molecule has 1 atom stereocenters. The molecular formula is C23H38N4O. The van der Waals surface area contributed by atoms with Gasteiger partial charge in [-0.15, -0.1) is 0 Å². The van der Waals surface area contributed by atoms with Crippen molar-refractivity contribution in [1.82, 2.24) is 15.5 Å². The van der Waals surface area contributed by atoms with Gasteiger partial charge in [0.1, 0.15) is 0 Å². The summed E-state index contributed by atoms with van der Waals surface area (Å²) in [6, 6.07) is 11.0. The first kappa shape index (κ1) is 21.1. The number of aliphatic imine (C=N–C) groups is 1. The largest absolute Gasteiger partial charge is 0.381 e. The molecule has 2 aliphatic rings. The number of rotatable bonds is 5. The molecule has 0 amide bonds. The lowest BCUT2D eigenvalue weighted by Crippen LogP contribution is -2.73. The smallest absolute Gasteiger partial charge is 0.194 e. The lowest BCUT2D eigenvalue weighted by atomic mass is 9.65. The molecule has 2 heterocycles. The number of likely N-dealkylation sites (tertiary alicyclic amines) is 1. The highest BCUT2D eigenvalue weighted by atomic mass is 16.5. The summed E-state index contributed by atoms with van der Waals surface area (Å²) < 4.78 is 5.68. The van der Waals surface area contributed by atoms with E-state index in [-0.39, 0.29) is 11.1 Å². The molecule has 0 aromatic heterocycles. The molecule has 1 aromatic rings. The predicted molar refractivity (Wildman–Crippen MR) is 117 cm³/mol. The van der Waals surface area contributed by atoms with Gasteiger partial charge in [0.05, 0.1) is 0 Å². The van der Waals surface area contributed by atoms with Crippen LogP contribution in [0, 0.1) is 5.41 Å². The molecule has 2 N–H and O–H groups in total. The van der Waals surface area contributed by atoms with E-state index in [4.69, 9.17) is 4.74 Å². The van der Waals surface area contributed by atoms with Crippen LogP contribution < -0.4 is 10.6 Å². The lowest BCUT2D eigenvalue weighted by molar-refractivity contribution is -0.0672. The summed E-state index contributed by atoms with van der Waals surface area (Å²) in [5.74, 6) is 1.00. The second-order valence-corrected chi connectivity index (χ2v) is 9.60. The lowest BCUT2D eigenvalue weighted by Gasteiger charge is -2.62. The Morgan fingerprint density at radius 2 is 1.79 bits per heavy atom. The molecule has 0 radical (unpaired) electrons. The highest BCUT2D eigenvalue weighted by Crippen LogP contribution is 2.46. The zero-order chi connectivity index (χ0) is 20.4. The molecule has 0 saturated carbocycles. The minimum atomic E-state index is 0.00791. The van der Waals surface area contributed by atoms with E-state index in [1.165, 1.54) is 5.56 Å². The van der Waals surface area contributed by atoms with Crippen LogP contribution >= 0.6 is 0 Å². The Kier molecular flexibility index (Phi) is 6.06. The van der Waals surface area contributed by atoms with Gasteiger partial charge in [0.2, 0.25) is 0 Å². The number of benzene rings is 1. The van der Waals surface area contributed by atoms with Crippen LogP contribution in [0.15, 0.2) is 35.3 Å². The van der Waals surface area contributed by atoms with Gasteiger partial charge in [-0.3, -0.25) is 4.99 Å². The Bertz CT molecular complexity index is 677. The molecule has 3 rings (SSSR count). The number of hydrogen-bond acceptors (Lipinski definition) is 3. The number of ether oxygens (including phenoxy) is 1. The van der Waals surface area contributed by atoms with Crippen LogP contribution in [0.1, 0.15) is 59.1 Å². The topological polar surface area (TPSA) is 48.9 Å². The van der Waals surface area contributed by atoms with Crippen molar-refractivity contribution < 1.29 is 4.74 Å². The van der Waals surface area contributed by atoms with Gasteiger partial charge in [-0.05, 0) is 39.2 Å². The van der Waals surface area contributed by atoms with Crippen molar-refractivity contribution in [2.24, 2.45) is 10.4 Å². The highest BCUT2D eigenvalue weighted by Gasteiger charge is 2.53. The van der Waals surface area contributed by atoms with Gasteiger partial charge in [-0.1, -0.05) is 44.2 Å². The molecule has 5 nitrogen and oxygen atoms in total. The van der Waals surface area contributed by atoms with Gasteiger partial charge in [-0.2, -0.15) is 0 Å². The van der Waals surface area contributed by atoms with Gasteiger partial charge in [-0.25, -0.2) is 0 Å². The fourth-order valence-corrected chi connectivity index (χ4v) is 4.36. The molecule has 156 valence electrons. The van der Waals surface area contributed by atoms with Crippen molar-refractivity contribution in [2.45, 2.75) is 64.6 Å². The van der Waals surface area contributed by atoms with Crippen LogP contribution in [0.3, 0.4) is 0 Å². The molecular weight excluding hydrogens is 348 g/mol. The predicted octanol–water partition coefficient (Wildman–Crippen LogP) is 3.58. The van der Waals surface area contributed by atoms with Gasteiger partial charge < -0.3 is 20.3 Å². The van der Waals surface area contributed by atoms with Crippen molar-refractivity contribution in [3.63, 3.8) is 0 Å². The van der Waals surface area contributed by atoms with E-state index in [1.54, 1.807) is 0 Å². The molecule has 0 spiro atoms. The first-order chi connectivity index (χ1) is 13.2. The van der Waals surface area contributed by atoms with E-state index >= 15 is 0 Å². The highest BCUT2D eigenvalue weighted by molar-refractivity contribution is 5.82. The molecule has 2 saturated heterocycles. The first-order valence-corrected chi connectivity index (χ1v) is 10.6. The van der Waals surface area contributed by atoms with Gasteiger partial charge in [0.25, 0.3) is 0 Å². The van der Waals surface area contributed by atoms with Gasteiger partial charge in [0.15, 0.2) is 5.96 Å². The van der Waals surface area contributed by atoms with Gasteiger partial charge in [0, 0.05) is 55.9 Å². The normalized spacial score (nSPS) is 24.4. The summed E-state index contributed by atoms with van der Waals surface area (Å²) in [6.45, 7) is 15.0. The average molecular weight is 387 g/mol. The van der Waals surface area contributed by atoms with Crippen molar-refractivity contribution >= 4 is 5.96 Å². The molecule has 5 heteroatoms. The second kappa shape index (κ2) is 8.03. The summed E-state index contributed by atoms with van der Waals surface area (Å²) in [4.78, 5) is 7.00. The summed E-state index contributed by atoms with van der Waals surface area (Å²) >= 11 is 0. The Morgan fingerprint density at radius 1 is 1.14 bits per heavy atom.